The first kappa shape index (κ1) is 91.5. The number of aromatic nitrogens is 6. The van der Waals surface area contributed by atoms with Crippen LogP contribution in [0.5, 0.6) is 17.2 Å². The average molecular weight is 1910 g/mol. The van der Waals surface area contributed by atoms with Crippen LogP contribution in [0.4, 0.5) is 34.1 Å². The van der Waals surface area contributed by atoms with E-state index in [0.717, 1.165) is 34.9 Å². The lowest BCUT2D eigenvalue weighted by atomic mass is 10.2. The molecule has 3 aromatic heterocycles. The number of nitrogens with zero attached hydrogens (tertiary/aromatic N) is 6. The standard InChI is InChI=1S/C27H22Cl4N4O5S.2C25H18Cl4N4O5S/c1-3-24(41(39,40)16-7-4-14(2)5-8-16)27(38)33-21-12-23(36)22(11-20(21)30)34-26(37)17-13-32-35(25(17)31)15-6-9-18(28)19(29)10-15;1-13-2-5-15(6-3-13)39(37,38)12-23(35)30-20-10-22(34)21(9-19(20)28)31-25(36)16-11-33(32-24(16)29)14-4-7-17(26)18(27)8-14;1-13-2-4-15(5-3-13)39(37,38)12-24(35)31-20-9-23(34)21(7-18(20)28)32-25(36)14-10-30-33(11-14)22-8-17(27)16(26)6-19(22)29/h4-13,24,36H,3H2,1-2H3,(H,33,38)(H,34,37);2-11,34H,12H2,1H3,(H,30,35)(H,31,36);2-11,34H,12H2,1H3,(H,31,35)(H,32,36). The first-order valence-corrected chi connectivity index (χ1v) is 43.3. The van der Waals surface area contributed by atoms with Gasteiger partial charge in [-0.1, -0.05) is 199 Å². The summed E-state index contributed by atoms with van der Waals surface area (Å²) in [6.07, 6.45) is 5.25. The number of aryl methyl sites for hydroxylation is 3. The minimum absolute atomic E-state index is 0.00000761. The van der Waals surface area contributed by atoms with Crippen LogP contribution in [0.25, 0.3) is 17.1 Å². The number of nitrogens with one attached hydrogen (secondary N) is 6. The maximum absolute atomic E-state index is 13.1. The Labute approximate surface area is 738 Å². The number of hydrogen-bond acceptors (Lipinski definition) is 18. The van der Waals surface area contributed by atoms with Gasteiger partial charge < -0.3 is 47.2 Å². The molecule has 42 heteroatoms. The van der Waals surface area contributed by atoms with Crippen LogP contribution in [0.3, 0.4) is 0 Å². The second-order valence-corrected chi connectivity index (χ2v) is 36.4. The van der Waals surface area contributed by atoms with Crippen LogP contribution < -0.4 is 31.9 Å². The number of amides is 6. The van der Waals surface area contributed by atoms with E-state index in [9.17, 15) is 69.3 Å². The molecule has 0 saturated heterocycles. The van der Waals surface area contributed by atoms with E-state index in [1.807, 2.05) is 20.8 Å². The lowest BCUT2D eigenvalue weighted by Crippen LogP contribution is -2.34. The van der Waals surface area contributed by atoms with Crippen molar-refractivity contribution in [1.82, 2.24) is 29.3 Å². The Hall–Kier alpha value is -9.84. The molecule has 9 N–H and O–H groups in total. The third kappa shape index (κ3) is 22.6. The van der Waals surface area contributed by atoms with Gasteiger partial charge in [0.05, 0.1) is 145 Å². The quantitative estimate of drug-likeness (QED) is 0.0225. The molecule has 0 aliphatic carbocycles. The average Bonchev–Trinajstić information content (AvgIpc) is 1.80. The molecule has 1 unspecified atom stereocenters. The maximum Gasteiger partial charge on any atom is 0.260 e. The Morgan fingerprint density at radius 2 is 0.807 bits per heavy atom. The number of aromatic hydroxyl groups is 3. The SMILES string of the molecule is CCC(C(=O)Nc1cc(O)c(NC(=O)c2cnn(-c3ccc(Cl)c(Cl)c3)c2Cl)cc1Cl)S(=O)(=O)c1ccc(C)cc1.Cc1ccc(S(=O)(=O)CC(=O)Nc2cc(O)c(NC(=O)c3cn(-c4ccc(Cl)c(Cl)c4)nc3Cl)cc2Cl)cc1.Cc1ccc(S(=O)(=O)CC(=O)Nc2cc(O)c(NC(=O)c3cnn(-c4cc(Cl)c(Cl)cc4Cl)c3)cc2Cl)cc1. The summed E-state index contributed by atoms with van der Waals surface area (Å²) in [6, 6.07) is 37.6. The summed E-state index contributed by atoms with van der Waals surface area (Å²) < 4.78 is 80.3. The molecule has 0 fully saturated rings. The van der Waals surface area contributed by atoms with Crippen LogP contribution in [0.2, 0.25) is 60.5 Å². The van der Waals surface area contributed by atoms with Crippen LogP contribution >= 0.6 is 139 Å². The highest BCUT2D eigenvalue weighted by Gasteiger charge is 2.34. The predicted molar refractivity (Wildman–Crippen MR) is 464 cm³/mol. The zero-order chi connectivity index (χ0) is 87.0. The van der Waals surface area contributed by atoms with Crippen LogP contribution in [0.1, 0.15) is 61.1 Å². The summed E-state index contributed by atoms with van der Waals surface area (Å²) in [6.45, 7) is 7.01. The van der Waals surface area contributed by atoms with Crippen molar-refractivity contribution >= 4 is 238 Å². The summed E-state index contributed by atoms with van der Waals surface area (Å²) in [5.41, 5.74) is 3.67. The number of rotatable bonds is 22. The van der Waals surface area contributed by atoms with Crippen molar-refractivity contribution < 1.29 is 69.3 Å². The fourth-order valence-corrected chi connectivity index (χ4v) is 16.9. The zero-order valence-corrected chi connectivity index (χ0v) is 72.7. The number of phenols is 3. The van der Waals surface area contributed by atoms with E-state index in [4.69, 9.17) is 139 Å². The number of carbonyl (C=O) groups excluding carboxylic acids is 6. The summed E-state index contributed by atoms with van der Waals surface area (Å²) in [4.78, 5) is 76.4. The van der Waals surface area contributed by atoms with Crippen molar-refractivity contribution in [2.24, 2.45) is 0 Å². The highest BCUT2D eigenvalue weighted by Crippen LogP contribution is 2.40. The third-order valence-electron chi connectivity index (χ3n) is 16.9. The van der Waals surface area contributed by atoms with Crippen molar-refractivity contribution in [3.05, 3.63) is 276 Å². The number of hydrogen-bond donors (Lipinski definition) is 9. The number of sulfone groups is 3. The van der Waals surface area contributed by atoms with Gasteiger partial charge >= 0.3 is 0 Å². The lowest BCUT2D eigenvalue weighted by molar-refractivity contribution is -0.116. The normalized spacial score (nSPS) is 11.6. The van der Waals surface area contributed by atoms with E-state index in [-0.39, 0.29) is 122 Å². The van der Waals surface area contributed by atoms with Crippen molar-refractivity contribution in [3.63, 3.8) is 0 Å². The number of anilines is 6. The fraction of sp³-hybridized carbons (Fsp3) is 0.104. The lowest BCUT2D eigenvalue weighted by Gasteiger charge is -2.17. The zero-order valence-electron chi connectivity index (χ0n) is 61.2. The molecule has 0 spiro atoms. The monoisotopic (exact) mass is 1910 g/mol. The van der Waals surface area contributed by atoms with Crippen molar-refractivity contribution in [2.45, 2.75) is 54.1 Å². The Kier molecular flexibility index (Phi) is 29.7. The molecule has 27 nitrogen and oxygen atoms in total. The second-order valence-electron chi connectivity index (χ2n) is 25.5. The van der Waals surface area contributed by atoms with E-state index in [0.29, 0.717) is 27.1 Å². The molecule has 0 aliphatic rings. The van der Waals surface area contributed by atoms with Gasteiger partial charge in [0.2, 0.25) is 17.7 Å². The Morgan fingerprint density at radius 1 is 0.395 bits per heavy atom. The third-order valence-corrected chi connectivity index (χ3v) is 26.4. The highest BCUT2D eigenvalue weighted by molar-refractivity contribution is 7.93. The van der Waals surface area contributed by atoms with Gasteiger partial charge in [-0.15, -0.1) is 0 Å². The van der Waals surface area contributed by atoms with Gasteiger partial charge in [-0.05, 0) is 130 Å². The molecule has 0 radical (unpaired) electrons. The fourth-order valence-electron chi connectivity index (χ4n) is 10.7. The van der Waals surface area contributed by atoms with Gasteiger partial charge in [-0.2, -0.15) is 15.3 Å². The van der Waals surface area contributed by atoms with Crippen LogP contribution in [-0.2, 0) is 43.9 Å². The van der Waals surface area contributed by atoms with Gasteiger partial charge in [-0.3, -0.25) is 28.8 Å². The summed E-state index contributed by atoms with van der Waals surface area (Å²) in [7, 11) is -11.8. The largest absolute Gasteiger partial charge is 0.506 e. The van der Waals surface area contributed by atoms with Gasteiger partial charge in [0.1, 0.15) is 39.2 Å². The molecule has 9 aromatic carbocycles. The second kappa shape index (κ2) is 38.7. The number of halogens is 12. The summed E-state index contributed by atoms with van der Waals surface area (Å²) in [5.74, 6) is -7.60. The first-order valence-electron chi connectivity index (χ1n) is 33.9. The smallest absolute Gasteiger partial charge is 0.260 e. The molecule has 6 amide bonds. The van der Waals surface area contributed by atoms with E-state index >= 15 is 0 Å². The maximum atomic E-state index is 13.1. The summed E-state index contributed by atoms with van der Waals surface area (Å²) >= 11 is 73.5. The van der Waals surface area contributed by atoms with E-state index in [2.05, 4.69) is 47.2 Å². The Bertz CT molecular complexity index is 6380. The van der Waals surface area contributed by atoms with Crippen molar-refractivity contribution in [2.75, 3.05) is 43.4 Å². The molecule has 12 rings (SSSR count). The van der Waals surface area contributed by atoms with Crippen LogP contribution in [0, 0.1) is 20.8 Å². The van der Waals surface area contributed by atoms with Gasteiger partial charge in [0, 0.05) is 30.6 Å². The van der Waals surface area contributed by atoms with Gasteiger partial charge in [-0.25, -0.2) is 39.3 Å². The van der Waals surface area contributed by atoms with Crippen LogP contribution in [0.15, 0.2) is 197 Å². The van der Waals surface area contributed by atoms with Gasteiger partial charge in [0.15, 0.2) is 34.7 Å². The molecule has 1 atom stereocenters. The molecule has 0 bridgehead atoms. The molecule has 12 aromatic rings. The van der Waals surface area contributed by atoms with Crippen molar-refractivity contribution in [1.29, 1.82) is 0 Å². The van der Waals surface area contributed by atoms with Crippen molar-refractivity contribution in [3.8, 4) is 34.3 Å². The summed E-state index contributed by atoms with van der Waals surface area (Å²) in [5, 5.41) is 58.7. The number of carbonyl (C=O) groups is 6. The topological polar surface area (TPSA) is 391 Å². The van der Waals surface area contributed by atoms with E-state index in [1.54, 1.807) is 73.7 Å². The number of benzene rings is 9. The van der Waals surface area contributed by atoms with E-state index < -0.39 is 99.0 Å². The molecule has 618 valence electrons. The molecular formula is C77H58Cl12N12O15S3. The molecule has 0 aliphatic heterocycles. The van der Waals surface area contributed by atoms with Crippen LogP contribution in [-0.4, -0.2) is 122 Å². The number of phenolic OH excluding ortho intramolecular Hbond substituents is 3. The highest BCUT2D eigenvalue weighted by atomic mass is 35.5. The first-order chi connectivity index (χ1) is 56.0. The van der Waals surface area contributed by atoms with Gasteiger partial charge in [0.25, 0.3) is 17.7 Å². The van der Waals surface area contributed by atoms with E-state index in [1.165, 1.54) is 112 Å². The molecule has 0 saturated carbocycles. The Morgan fingerprint density at radius 3 is 1.27 bits per heavy atom. The Balaban J connectivity index is 0.000000188. The molecular weight excluding hydrogens is 1850 g/mol. The molecule has 3 heterocycles. The predicted octanol–water partition coefficient (Wildman–Crippen LogP) is 19.3. The minimum Gasteiger partial charge on any atom is -0.506 e. The molecule has 119 heavy (non-hydrogen) atoms. The minimum atomic E-state index is -4.00.